The van der Waals surface area contributed by atoms with Gasteiger partial charge < -0.3 is 19.8 Å². The van der Waals surface area contributed by atoms with Crippen molar-refractivity contribution in [2.75, 3.05) is 7.11 Å². The largest absolute Gasteiger partial charge is 0.494 e. The second kappa shape index (κ2) is 6.05. The molecule has 3 rings (SSSR count). The fourth-order valence-electron chi connectivity index (χ4n) is 2.20. The molecule has 0 aromatic carbocycles. The number of aryl methyl sites for hydroxylation is 1. The maximum Gasteiger partial charge on any atom is 0.377 e. The topological polar surface area (TPSA) is 134 Å². The Balaban J connectivity index is 0.00000192. The highest BCUT2D eigenvalue weighted by Crippen LogP contribution is 2.33. The summed E-state index contributed by atoms with van der Waals surface area (Å²) in [6.45, 7) is 1.74. The van der Waals surface area contributed by atoms with Gasteiger partial charge in [-0.1, -0.05) is 0 Å². The molecule has 120 valence electrons. The number of hydrogen-bond donors (Lipinski definition) is 3. The smallest absolute Gasteiger partial charge is 0.377 e. The Hall–Kier alpha value is -2.94. The van der Waals surface area contributed by atoms with Crippen LogP contribution in [0.25, 0.3) is 22.4 Å². The van der Waals surface area contributed by atoms with Crippen LogP contribution in [-0.2, 0) is 4.79 Å². The number of carbonyl (C=O) groups excluding carboxylic acids is 1. The summed E-state index contributed by atoms with van der Waals surface area (Å²) in [4.78, 5) is 32.8. The van der Waals surface area contributed by atoms with Gasteiger partial charge in [-0.15, -0.1) is 22.6 Å². The van der Waals surface area contributed by atoms with Crippen molar-refractivity contribution >= 4 is 35.1 Å². The van der Waals surface area contributed by atoms with E-state index in [-0.39, 0.29) is 18.0 Å². The molecule has 0 saturated heterocycles. The van der Waals surface area contributed by atoms with Gasteiger partial charge in [0.05, 0.1) is 29.8 Å². The molecule has 10 heteroatoms. The van der Waals surface area contributed by atoms with Gasteiger partial charge in [0.2, 0.25) is 0 Å². The summed E-state index contributed by atoms with van der Waals surface area (Å²) >= 11 is 0. The normalized spacial score (nSPS) is 10.3. The van der Waals surface area contributed by atoms with Crippen LogP contribution >= 0.6 is 12.4 Å². The molecule has 0 atom stereocenters. The third-order valence-corrected chi connectivity index (χ3v) is 3.16. The number of carboxylic acids is 1. The lowest BCUT2D eigenvalue weighted by Gasteiger charge is -2.05. The molecule has 0 saturated carbocycles. The van der Waals surface area contributed by atoms with E-state index in [2.05, 4.69) is 25.1 Å². The molecule has 3 N–H and O–H groups in total. The molecular formula is C13H12ClN5O4. The van der Waals surface area contributed by atoms with Crippen molar-refractivity contribution in [2.45, 2.75) is 6.92 Å². The van der Waals surface area contributed by atoms with Crippen molar-refractivity contribution in [3.63, 3.8) is 0 Å². The van der Waals surface area contributed by atoms with Gasteiger partial charge in [-0.25, -0.2) is 9.78 Å². The molecule has 3 heterocycles. The Bertz CT molecular complexity index is 901. The van der Waals surface area contributed by atoms with Crippen LogP contribution in [0.15, 0.2) is 12.4 Å². The number of H-pyrrole nitrogens is 2. The molecule has 0 aliphatic rings. The van der Waals surface area contributed by atoms with E-state index in [1.165, 1.54) is 19.5 Å². The average Bonchev–Trinajstić information content (AvgIpc) is 3.12. The Labute approximate surface area is 135 Å². The number of halogens is 1. The molecule has 9 nitrogen and oxygen atoms in total. The lowest BCUT2D eigenvalue weighted by Crippen LogP contribution is -2.12. The third-order valence-electron chi connectivity index (χ3n) is 3.16. The van der Waals surface area contributed by atoms with Crippen molar-refractivity contribution in [3.8, 4) is 17.3 Å². The van der Waals surface area contributed by atoms with Gasteiger partial charge in [-0.2, -0.15) is 0 Å². The van der Waals surface area contributed by atoms with Crippen LogP contribution in [0.4, 0.5) is 0 Å². The fourth-order valence-corrected chi connectivity index (χ4v) is 2.20. The predicted octanol–water partition coefficient (Wildman–Crippen LogP) is 1.35. The minimum Gasteiger partial charge on any atom is -0.494 e. The molecule has 3 aromatic rings. The Morgan fingerprint density at radius 1 is 1.30 bits per heavy atom. The van der Waals surface area contributed by atoms with E-state index < -0.39 is 11.8 Å². The number of aromatic nitrogens is 5. The van der Waals surface area contributed by atoms with Crippen molar-refractivity contribution in [2.24, 2.45) is 0 Å². The third kappa shape index (κ3) is 2.61. The van der Waals surface area contributed by atoms with E-state index >= 15 is 0 Å². The zero-order valence-corrected chi connectivity index (χ0v) is 12.9. The van der Waals surface area contributed by atoms with Gasteiger partial charge in [0, 0.05) is 6.20 Å². The van der Waals surface area contributed by atoms with Crippen LogP contribution in [0.5, 0.6) is 5.75 Å². The van der Waals surface area contributed by atoms with Gasteiger partial charge in [-0.3, -0.25) is 4.79 Å². The van der Waals surface area contributed by atoms with Gasteiger partial charge >= 0.3 is 5.97 Å². The predicted molar refractivity (Wildman–Crippen MR) is 82.0 cm³/mol. The van der Waals surface area contributed by atoms with E-state index in [1.807, 2.05) is 0 Å². The molecule has 0 bridgehead atoms. The summed E-state index contributed by atoms with van der Waals surface area (Å²) in [6.07, 6.45) is 2.72. The maximum atomic E-state index is 11.8. The number of Topliss-reactive ketones (excluding diaryl/α,β-unsaturated/α-hetero) is 1. The highest BCUT2D eigenvalue weighted by atomic mass is 35.5. The summed E-state index contributed by atoms with van der Waals surface area (Å²) in [5, 5.41) is 17.1. The van der Waals surface area contributed by atoms with E-state index in [1.54, 1.807) is 6.92 Å². The number of aliphatic carboxylic acids is 1. The second-order valence-corrected chi connectivity index (χ2v) is 4.52. The summed E-state index contributed by atoms with van der Waals surface area (Å²) in [5.74, 6) is -1.27. The minimum absolute atomic E-state index is 0. The standard InChI is InChI=1S/C13H11N5O4.ClH/c1-5-16-12(18-17-5)10-9-8(7(22-2)4-15-10)6(3-14-9)11(19)13(20)21;/h3-4,14H,1-2H3,(H,20,21)(H,16,17,18);1H. The molecule has 0 spiro atoms. The van der Waals surface area contributed by atoms with Crippen LogP contribution in [-0.4, -0.2) is 49.1 Å². The number of methoxy groups -OCH3 is 1. The number of ether oxygens (including phenoxy) is 1. The fraction of sp³-hybridized carbons (Fsp3) is 0.154. The van der Waals surface area contributed by atoms with Gasteiger partial charge in [0.1, 0.15) is 17.3 Å². The first-order chi connectivity index (χ1) is 10.5. The average molecular weight is 338 g/mol. The molecule has 0 fully saturated rings. The molecule has 3 aromatic heterocycles. The quantitative estimate of drug-likeness (QED) is 0.483. The first-order valence-electron chi connectivity index (χ1n) is 6.24. The van der Waals surface area contributed by atoms with E-state index in [4.69, 9.17) is 9.84 Å². The number of rotatable bonds is 4. The Morgan fingerprint density at radius 2 is 2.04 bits per heavy atom. The molecular weight excluding hydrogens is 326 g/mol. The first kappa shape index (κ1) is 16.4. The van der Waals surface area contributed by atoms with Crippen LogP contribution in [0.1, 0.15) is 16.2 Å². The van der Waals surface area contributed by atoms with Crippen LogP contribution < -0.4 is 4.74 Å². The van der Waals surface area contributed by atoms with Crippen molar-refractivity contribution in [3.05, 3.63) is 23.8 Å². The number of carbonyl (C=O) groups is 2. The van der Waals surface area contributed by atoms with Gasteiger partial charge in [-0.05, 0) is 6.92 Å². The highest BCUT2D eigenvalue weighted by molar-refractivity contribution is 6.42. The molecule has 0 unspecified atom stereocenters. The number of aromatic amines is 2. The summed E-state index contributed by atoms with van der Waals surface area (Å²) in [6, 6.07) is 0. The maximum absolute atomic E-state index is 11.8. The molecule has 0 aliphatic carbocycles. The molecule has 0 amide bonds. The molecule has 23 heavy (non-hydrogen) atoms. The Morgan fingerprint density at radius 3 is 2.61 bits per heavy atom. The number of nitrogens with zero attached hydrogens (tertiary/aromatic N) is 3. The number of fused-ring (bicyclic) bond motifs is 1. The SMILES string of the molecule is COc1cnc(-c2nnc(C)[nH]2)c2[nH]cc(C(=O)C(=O)O)c12.Cl. The molecule has 0 radical (unpaired) electrons. The minimum atomic E-state index is -1.54. The van der Waals surface area contributed by atoms with Crippen LogP contribution in [0.3, 0.4) is 0 Å². The van der Waals surface area contributed by atoms with E-state index in [0.717, 1.165) is 0 Å². The summed E-state index contributed by atoms with van der Waals surface area (Å²) < 4.78 is 5.18. The van der Waals surface area contributed by atoms with Crippen molar-refractivity contribution in [1.29, 1.82) is 0 Å². The summed E-state index contributed by atoms with van der Waals surface area (Å²) in [7, 11) is 1.41. The number of nitrogens with one attached hydrogen (secondary N) is 2. The Kier molecular flexibility index (Phi) is 4.32. The van der Waals surface area contributed by atoms with E-state index in [9.17, 15) is 9.59 Å². The second-order valence-electron chi connectivity index (χ2n) is 4.52. The lowest BCUT2D eigenvalue weighted by atomic mass is 10.1. The first-order valence-corrected chi connectivity index (χ1v) is 6.24. The van der Waals surface area contributed by atoms with Crippen LogP contribution in [0.2, 0.25) is 0 Å². The number of ketones is 1. The molecule has 0 aliphatic heterocycles. The van der Waals surface area contributed by atoms with E-state index in [0.29, 0.717) is 34.0 Å². The number of hydrogen-bond acceptors (Lipinski definition) is 6. The number of pyridine rings is 1. The monoisotopic (exact) mass is 337 g/mol. The highest BCUT2D eigenvalue weighted by Gasteiger charge is 2.24. The summed E-state index contributed by atoms with van der Waals surface area (Å²) in [5.41, 5.74) is 0.861. The zero-order valence-electron chi connectivity index (χ0n) is 12.1. The van der Waals surface area contributed by atoms with Crippen LogP contribution in [0, 0.1) is 6.92 Å². The van der Waals surface area contributed by atoms with Crippen molar-refractivity contribution < 1.29 is 19.4 Å². The number of carboxylic acid groups (broad SMARTS) is 1. The van der Waals surface area contributed by atoms with Crippen molar-refractivity contribution in [1.82, 2.24) is 25.1 Å². The van der Waals surface area contributed by atoms with Gasteiger partial charge in [0.25, 0.3) is 5.78 Å². The lowest BCUT2D eigenvalue weighted by molar-refractivity contribution is -0.131. The van der Waals surface area contributed by atoms with Gasteiger partial charge in [0.15, 0.2) is 5.82 Å². The zero-order chi connectivity index (χ0) is 15.9.